The van der Waals surface area contributed by atoms with Crippen LogP contribution in [0.25, 0.3) is 0 Å². The minimum Gasteiger partial charge on any atom is -0.397 e. The summed E-state index contributed by atoms with van der Waals surface area (Å²) in [6.07, 6.45) is 2.11. The molecule has 0 aromatic heterocycles. The smallest absolute Gasteiger partial charge is 0.175 e. The molecule has 0 aliphatic carbocycles. The van der Waals surface area contributed by atoms with E-state index >= 15 is 0 Å². The number of nitrogens with zero attached hydrogens (tertiary/aromatic N) is 1. The third-order valence-corrected chi connectivity index (χ3v) is 3.56. The Kier molecular flexibility index (Phi) is 2.77. The lowest BCUT2D eigenvalue weighted by Gasteiger charge is -2.18. The lowest BCUT2D eigenvalue weighted by atomic mass is 10.2. The maximum absolute atomic E-state index is 11.3. The Hall–Kier alpha value is -1.27. The molecule has 1 saturated heterocycles. The van der Waals surface area contributed by atoms with Crippen molar-refractivity contribution in [3.63, 3.8) is 0 Å². The SMILES string of the molecule is CS(=O)(=O)c1ccc(N2CCCO2)c(N)c1. The highest BCUT2D eigenvalue weighted by Gasteiger charge is 2.17. The molecule has 88 valence electrons. The van der Waals surface area contributed by atoms with E-state index in [2.05, 4.69) is 0 Å². The molecule has 1 aliphatic rings. The molecule has 1 aliphatic heterocycles. The van der Waals surface area contributed by atoms with Crippen LogP contribution in [0, 0.1) is 0 Å². The van der Waals surface area contributed by atoms with Gasteiger partial charge in [0.05, 0.1) is 22.9 Å². The standard InChI is InChI=1S/C10H14N2O3S/c1-16(13,14)8-3-4-10(9(11)7-8)12-5-2-6-15-12/h3-4,7H,2,5-6,11H2,1H3. The quantitative estimate of drug-likeness (QED) is 0.777. The van der Waals surface area contributed by atoms with E-state index in [0.29, 0.717) is 12.3 Å². The van der Waals surface area contributed by atoms with Crippen molar-refractivity contribution in [3.05, 3.63) is 18.2 Å². The Bertz CT molecular complexity index is 493. The first-order chi connectivity index (χ1) is 7.48. The van der Waals surface area contributed by atoms with Crippen molar-refractivity contribution in [2.24, 2.45) is 0 Å². The van der Waals surface area contributed by atoms with Crippen molar-refractivity contribution < 1.29 is 13.3 Å². The van der Waals surface area contributed by atoms with Crippen molar-refractivity contribution in [2.45, 2.75) is 11.3 Å². The van der Waals surface area contributed by atoms with E-state index in [4.69, 9.17) is 10.6 Å². The Labute approximate surface area is 94.7 Å². The highest BCUT2D eigenvalue weighted by atomic mass is 32.2. The summed E-state index contributed by atoms with van der Waals surface area (Å²) >= 11 is 0. The molecule has 5 nitrogen and oxygen atoms in total. The second-order valence-corrected chi connectivity index (χ2v) is 5.80. The molecular formula is C10H14N2O3S. The predicted octanol–water partition coefficient (Wildman–Crippen LogP) is 0.814. The molecule has 0 saturated carbocycles. The van der Waals surface area contributed by atoms with E-state index in [-0.39, 0.29) is 4.90 Å². The van der Waals surface area contributed by atoms with Crippen LogP contribution in [-0.4, -0.2) is 27.8 Å². The highest BCUT2D eigenvalue weighted by Crippen LogP contribution is 2.28. The lowest BCUT2D eigenvalue weighted by molar-refractivity contribution is 0.168. The Balaban J connectivity index is 2.37. The number of anilines is 2. The molecule has 2 N–H and O–H groups in total. The van der Waals surface area contributed by atoms with Crippen LogP contribution in [0.5, 0.6) is 0 Å². The summed E-state index contributed by atoms with van der Waals surface area (Å²) in [7, 11) is -3.20. The van der Waals surface area contributed by atoms with Gasteiger partial charge in [0, 0.05) is 12.8 Å². The van der Waals surface area contributed by atoms with Crippen LogP contribution in [-0.2, 0) is 14.7 Å². The van der Waals surface area contributed by atoms with Gasteiger partial charge in [0.15, 0.2) is 9.84 Å². The van der Waals surface area contributed by atoms with Gasteiger partial charge in [0.1, 0.15) is 0 Å². The van der Waals surface area contributed by atoms with E-state index in [1.807, 2.05) is 0 Å². The zero-order valence-electron chi connectivity index (χ0n) is 9.01. The summed E-state index contributed by atoms with van der Waals surface area (Å²) in [5.41, 5.74) is 6.96. The van der Waals surface area contributed by atoms with Crippen molar-refractivity contribution in [1.82, 2.24) is 0 Å². The number of rotatable bonds is 2. The number of sulfone groups is 1. The molecule has 0 bridgehead atoms. The van der Waals surface area contributed by atoms with E-state index in [1.54, 1.807) is 17.2 Å². The Morgan fingerprint density at radius 1 is 1.44 bits per heavy atom. The summed E-state index contributed by atoms with van der Waals surface area (Å²) in [6, 6.07) is 4.69. The number of nitrogen functional groups attached to an aromatic ring is 1. The van der Waals surface area contributed by atoms with E-state index < -0.39 is 9.84 Å². The fourth-order valence-electron chi connectivity index (χ4n) is 1.63. The first kappa shape index (κ1) is 11.2. The molecule has 1 aromatic carbocycles. The predicted molar refractivity (Wildman–Crippen MR) is 61.9 cm³/mol. The molecule has 1 aromatic rings. The number of hydrogen-bond acceptors (Lipinski definition) is 5. The van der Waals surface area contributed by atoms with Crippen molar-refractivity contribution in [1.29, 1.82) is 0 Å². The number of hydrogen-bond donors (Lipinski definition) is 1. The van der Waals surface area contributed by atoms with Crippen molar-refractivity contribution in [2.75, 3.05) is 30.2 Å². The van der Waals surface area contributed by atoms with E-state index in [9.17, 15) is 8.42 Å². The van der Waals surface area contributed by atoms with Crippen molar-refractivity contribution in [3.8, 4) is 0 Å². The van der Waals surface area contributed by atoms with Crippen LogP contribution >= 0.6 is 0 Å². The van der Waals surface area contributed by atoms with Gasteiger partial charge >= 0.3 is 0 Å². The highest BCUT2D eigenvalue weighted by molar-refractivity contribution is 7.90. The average molecular weight is 242 g/mol. The van der Waals surface area contributed by atoms with Crippen LogP contribution in [0.15, 0.2) is 23.1 Å². The van der Waals surface area contributed by atoms with E-state index in [0.717, 1.165) is 24.9 Å². The van der Waals surface area contributed by atoms with Crippen LogP contribution in [0.4, 0.5) is 11.4 Å². The summed E-state index contributed by atoms with van der Waals surface area (Å²) in [4.78, 5) is 5.58. The second kappa shape index (κ2) is 3.95. The normalized spacial score (nSPS) is 16.7. The maximum Gasteiger partial charge on any atom is 0.175 e. The first-order valence-electron chi connectivity index (χ1n) is 4.98. The summed E-state index contributed by atoms with van der Waals surface area (Å²) in [6.45, 7) is 1.45. The first-order valence-corrected chi connectivity index (χ1v) is 6.87. The molecule has 0 radical (unpaired) electrons. The second-order valence-electron chi connectivity index (χ2n) is 3.78. The molecule has 6 heteroatoms. The minimum absolute atomic E-state index is 0.230. The molecule has 0 atom stereocenters. The van der Waals surface area contributed by atoms with E-state index in [1.165, 1.54) is 6.07 Å². The van der Waals surface area contributed by atoms with Gasteiger partial charge in [0.2, 0.25) is 0 Å². The molecule has 0 spiro atoms. The van der Waals surface area contributed by atoms with Gasteiger partial charge in [-0.15, -0.1) is 0 Å². The monoisotopic (exact) mass is 242 g/mol. The number of benzene rings is 1. The largest absolute Gasteiger partial charge is 0.397 e. The molecule has 1 heterocycles. The Morgan fingerprint density at radius 2 is 2.19 bits per heavy atom. The third kappa shape index (κ3) is 2.12. The molecule has 16 heavy (non-hydrogen) atoms. The van der Waals surface area contributed by atoms with Gasteiger partial charge < -0.3 is 5.73 Å². The summed E-state index contributed by atoms with van der Waals surface area (Å²) < 4.78 is 22.6. The Morgan fingerprint density at radius 3 is 2.69 bits per heavy atom. The van der Waals surface area contributed by atoms with Gasteiger partial charge in [-0.3, -0.25) is 9.90 Å². The average Bonchev–Trinajstić information content (AvgIpc) is 2.69. The molecule has 1 fully saturated rings. The molecule has 0 unspecified atom stereocenters. The van der Waals surface area contributed by atoms with Crippen LogP contribution < -0.4 is 10.8 Å². The fraction of sp³-hybridized carbons (Fsp3) is 0.400. The number of hydroxylamine groups is 1. The lowest BCUT2D eigenvalue weighted by Crippen LogP contribution is -2.17. The van der Waals surface area contributed by atoms with Gasteiger partial charge in [-0.1, -0.05) is 0 Å². The number of nitrogens with two attached hydrogens (primary N) is 1. The zero-order chi connectivity index (χ0) is 11.8. The minimum atomic E-state index is -3.20. The van der Waals surface area contributed by atoms with Crippen LogP contribution in [0.3, 0.4) is 0 Å². The third-order valence-electron chi connectivity index (χ3n) is 2.45. The van der Waals surface area contributed by atoms with Gasteiger partial charge in [-0.25, -0.2) is 8.42 Å². The van der Waals surface area contributed by atoms with Gasteiger partial charge in [-0.2, -0.15) is 0 Å². The molecule has 2 rings (SSSR count). The zero-order valence-corrected chi connectivity index (χ0v) is 9.83. The van der Waals surface area contributed by atoms with Crippen LogP contribution in [0.2, 0.25) is 0 Å². The topological polar surface area (TPSA) is 72.6 Å². The van der Waals surface area contributed by atoms with Crippen molar-refractivity contribution >= 4 is 21.2 Å². The van der Waals surface area contributed by atoms with Crippen LogP contribution in [0.1, 0.15) is 6.42 Å². The summed E-state index contributed by atoms with van der Waals surface area (Å²) in [5.74, 6) is 0. The summed E-state index contributed by atoms with van der Waals surface area (Å²) in [5, 5.41) is 1.70. The molecular weight excluding hydrogens is 228 g/mol. The van der Waals surface area contributed by atoms with Gasteiger partial charge in [0.25, 0.3) is 0 Å². The molecule has 0 amide bonds. The van der Waals surface area contributed by atoms with Gasteiger partial charge in [-0.05, 0) is 24.6 Å². The fourth-order valence-corrected chi connectivity index (χ4v) is 2.28. The maximum atomic E-state index is 11.3.